The van der Waals surface area contributed by atoms with Crippen LogP contribution in [0.1, 0.15) is 51.5 Å². The van der Waals surface area contributed by atoms with Gasteiger partial charge in [0.2, 0.25) is 0 Å². The molecular formula is C28H44N4O4. The van der Waals surface area contributed by atoms with Gasteiger partial charge >= 0.3 is 6.03 Å². The van der Waals surface area contributed by atoms with E-state index in [0.29, 0.717) is 44.9 Å². The summed E-state index contributed by atoms with van der Waals surface area (Å²) in [5.41, 5.74) is 2.08. The maximum absolute atomic E-state index is 12.8. The molecule has 2 atom stereocenters. The molecule has 1 aromatic carbocycles. The zero-order chi connectivity index (χ0) is 25.3. The summed E-state index contributed by atoms with van der Waals surface area (Å²) in [7, 11) is 0. The first-order valence-corrected chi connectivity index (χ1v) is 13.9. The normalized spacial score (nSPS) is 22.1. The predicted molar refractivity (Wildman–Crippen MR) is 141 cm³/mol. The molecule has 1 aromatic rings. The number of carbonyl (C=O) groups excluding carboxylic acids is 2. The number of rotatable bonds is 9. The molecule has 36 heavy (non-hydrogen) atoms. The maximum Gasteiger partial charge on any atom is 0.320 e. The second kappa shape index (κ2) is 13.4. The first kappa shape index (κ1) is 26.9. The third-order valence-corrected chi connectivity index (χ3v) is 7.74. The summed E-state index contributed by atoms with van der Waals surface area (Å²) in [4.78, 5) is 31.8. The fourth-order valence-electron chi connectivity index (χ4n) is 5.63. The van der Waals surface area contributed by atoms with E-state index in [1.807, 2.05) is 21.9 Å². The van der Waals surface area contributed by atoms with Crippen molar-refractivity contribution < 1.29 is 19.1 Å². The van der Waals surface area contributed by atoms with Crippen LogP contribution < -0.4 is 5.32 Å². The fourth-order valence-corrected chi connectivity index (χ4v) is 5.63. The van der Waals surface area contributed by atoms with Gasteiger partial charge in [-0.3, -0.25) is 4.79 Å². The Hall–Kier alpha value is -2.16. The molecule has 8 heteroatoms. The number of ether oxygens (including phenoxy) is 2. The maximum atomic E-state index is 12.8. The Labute approximate surface area is 216 Å². The van der Waals surface area contributed by atoms with Crippen LogP contribution in [0.2, 0.25) is 0 Å². The SMILES string of the molecule is CCCN(CC1CCN(C(=O)N2CCOCC2)CC1)[C@@H](C)Cc1cccc(NC(=O)C2CCCO2)c1. The van der Waals surface area contributed by atoms with E-state index in [1.54, 1.807) is 0 Å². The van der Waals surface area contributed by atoms with Gasteiger partial charge in [-0.1, -0.05) is 19.1 Å². The number of morpholine rings is 1. The summed E-state index contributed by atoms with van der Waals surface area (Å²) < 4.78 is 10.9. The molecule has 1 N–H and O–H groups in total. The average molecular weight is 501 g/mol. The van der Waals surface area contributed by atoms with E-state index < -0.39 is 0 Å². The summed E-state index contributed by atoms with van der Waals surface area (Å²) in [6.07, 6.45) is 5.62. The van der Waals surface area contributed by atoms with Crippen molar-refractivity contribution in [3.63, 3.8) is 0 Å². The van der Waals surface area contributed by atoms with Crippen molar-refractivity contribution >= 4 is 17.6 Å². The molecule has 0 radical (unpaired) electrons. The van der Waals surface area contributed by atoms with Crippen molar-refractivity contribution in [3.05, 3.63) is 29.8 Å². The Morgan fingerprint density at radius 2 is 1.83 bits per heavy atom. The van der Waals surface area contributed by atoms with Crippen LogP contribution in [0.5, 0.6) is 0 Å². The molecule has 3 saturated heterocycles. The van der Waals surface area contributed by atoms with E-state index in [0.717, 1.165) is 70.4 Å². The second-order valence-corrected chi connectivity index (χ2v) is 10.6. The van der Waals surface area contributed by atoms with Gasteiger partial charge in [0.25, 0.3) is 5.91 Å². The molecule has 3 amide bonds. The Kier molecular flexibility index (Phi) is 10.0. The van der Waals surface area contributed by atoms with E-state index >= 15 is 0 Å². The van der Waals surface area contributed by atoms with Gasteiger partial charge in [-0.25, -0.2) is 4.79 Å². The number of nitrogens with zero attached hydrogens (tertiary/aromatic N) is 3. The molecule has 3 aliphatic heterocycles. The van der Waals surface area contributed by atoms with Gasteiger partial charge in [-0.05, 0) is 75.6 Å². The molecule has 0 saturated carbocycles. The number of benzene rings is 1. The topological polar surface area (TPSA) is 74.4 Å². The molecule has 0 bridgehead atoms. The second-order valence-electron chi connectivity index (χ2n) is 10.6. The number of urea groups is 1. The van der Waals surface area contributed by atoms with Crippen LogP contribution in [-0.4, -0.2) is 97.9 Å². The number of hydrogen-bond donors (Lipinski definition) is 1. The average Bonchev–Trinajstić information content (AvgIpc) is 3.45. The number of hydrogen-bond acceptors (Lipinski definition) is 5. The van der Waals surface area contributed by atoms with Crippen LogP contribution in [-0.2, 0) is 20.7 Å². The van der Waals surface area contributed by atoms with Crippen molar-refractivity contribution in [1.29, 1.82) is 0 Å². The van der Waals surface area contributed by atoms with E-state index in [4.69, 9.17) is 9.47 Å². The number of anilines is 1. The molecule has 1 unspecified atom stereocenters. The first-order chi connectivity index (χ1) is 17.5. The van der Waals surface area contributed by atoms with E-state index in [9.17, 15) is 9.59 Å². The highest BCUT2D eigenvalue weighted by Gasteiger charge is 2.29. The summed E-state index contributed by atoms with van der Waals surface area (Å²) in [6, 6.07) is 8.82. The molecular weight excluding hydrogens is 456 g/mol. The lowest BCUT2D eigenvalue weighted by molar-refractivity contribution is -0.124. The lowest BCUT2D eigenvalue weighted by Gasteiger charge is -2.39. The van der Waals surface area contributed by atoms with Gasteiger partial charge in [-0.2, -0.15) is 0 Å². The zero-order valence-corrected chi connectivity index (χ0v) is 22.1. The number of amides is 3. The molecule has 3 aliphatic rings. The molecule has 3 heterocycles. The minimum absolute atomic E-state index is 0.0382. The van der Waals surface area contributed by atoms with Gasteiger partial charge in [-0.15, -0.1) is 0 Å². The van der Waals surface area contributed by atoms with Gasteiger partial charge in [0.15, 0.2) is 0 Å². The monoisotopic (exact) mass is 500 g/mol. The lowest BCUT2D eigenvalue weighted by Crippen LogP contribution is -2.51. The number of carbonyl (C=O) groups is 2. The smallest absolute Gasteiger partial charge is 0.320 e. The van der Waals surface area contributed by atoms with Crippen molar-refractivity contribution in [2.24, 2.45) is 5.92 Å². The molecule has 4 rings (SSSR count). The zero-order valence-electron chi connectivity index (χ0n) is 22.1. The van der Waals surface area contributed by atoms with Gasteiger partial charge in [0, 0.05) is 51.1 Å². The van der Waals surface area contributed by atoms with Crippen molar-refractivity contribution in [3.8, 4) is 0 Å². The Bertz CT molecular complexity index is 846. The van der Waals surface area contributed by atoms with Crippen LogP contribution in [0.15, 0.2) is 24.3 Å². The van der Waals surface area contributed by atoms with E-state index in [-0.39, 0.29) is 18.0 Å². The minimum Gasteiger partial charge on any atom is -0.378 e. The van der Waals surface area contributed by atoms with Crippen LogP contribution in [0.25, 0.3) is 0 Å². The number of piperidine rings is 1. The van der Waals surface area contributed by atoms with Crippen LogP contribution in [0.4, 0.5) is 10.5 Å². The molecule has 200 valence electrons. The van der Waals surface area contributed by atoms with Crippen molar-refractivity contribution in [2.75, 3.05) is 64.4 Å². The standard InChI is InChI=1S/C28H44N4O4/c1-3-11-32(21-23-9-12-30(13-10-23)28(34)31-14-17-35-18-15-31)22(2)19-24-6-4-7-25(20-24)29-27(33)26-8-5-16-36-26/h4,6-7,20,22-23,26H,3,5,8-19,21H2,1-2H3,(H,29,33)/t22-,26?/m0/s1. The third kappa shape index (κ3) is 7.43. The largest absolute Gasteiger partial charge is 0.378 e. The Morgan fingerprint density at radius 3 is 2.53 bits per heavy atom. The highest BCUT2D eigenvalue weighted by molar-refractivity contribution is 5.94. The molecule has 0 spiro atoms. The summed E-state index contributed by atoms with van der Waals surface area (Å²) >= 11 is 0. The Morgan fingerprint density at radius 1 is 1.08 bits per heavy atom. The van der Waals surface area contributed by atoms with E-state index in [2.05, 4.69) is 36.2 Å². The number of likely N-dealkylation sites (tertiary alicyclic amines) is 1. The quantitative estimate of drug-likeness (QED) is 0.561. The molecule has 0 aromatic heterocycles. The van der Waals surface area contributed by atoms with Crippen LogP contribution in [0, 0.1) is 5.92 Å². The van der Waals surface area contributed by atoms with Gasteiger partial charge in [0.1, 0.15) is 6.10 Å². The number of nitrogens with one attached hydrogen (secondary N) is 1. The first-order valence-electron chi connectivity index (χ1n) is 13.9. The van der Waals surface area contributed by atoms with Crippen molar-refractivity contribution in [1.82, 2.24) is 14.7 Å². The van der Waals surface area contributed by atoms with Gasteiger partial charge in [0.05, 0.1) is 13.2 Å². The summed E-state index contributed by atoms with van der Waals surface area (Å²) in [5.74, 6) is 0.577. The van der Waals surface area contributed by atoms with Crippen LogP contribution >= 0.6 is 0 Å². The van der Waals surface area contributed by atoms with E-state index in [1.165, 1.54) is 5.56 Å². The predicted octanol–water partition coefficient (Wildman–Crippen LogP) is 3.61. The van der Waals surface area contributed by atoms with Crippen LogP contribution in [0.3, 0.4) is 0 Å². The van der Waals surface area contributed by atoms with Gasteiger partial charge < -0.3 is 29.5 Å². The highest BCUT2D eigenvalue weighted by Crippen LogP contribution is 2.23. The highest BCUT2D eigenvalue weighted by atomic mass is 16.5. The molecule has 0 aliphatic carbocycles. The Balaban J connectivity index is 1.26. The fraction of sp³-hybridized carbons (Fsp3) is 0.714. The lowest BCUT2D eigenvalue weighted by atomic mass is 9.95. The van der Waals surface area contributed by atoms with Crippen molar-refractivity contribution in [2.45, 2.75) is 64.5 Å². The summed E-state index contributed by atoms with van der Waals surface area (Å²) in [6.45, 7) is 11.8. The minimum atomic E-state index is -0.316. The molecule has 3 fully saturated rings. The summed E-state index contributed by atoms with van der Waals surface area (Å²) in [5, 5.41) is 3.03. The third-order valence-electron chi connectivity index (χ3n) is 7.74. The molecule has 8 nitrogen and oxygen atoms in total.